The minimum Gasteiger partial charge on any atom is -0.336 e. The third kappa shape index (κ3) is 1.51. The maximum Gasteiger partial charge on any atom is 0.257 e. The van der Waals surface area contributed by atoms with Gasteiger partial charge in [0.2, 0.25) is 0 Å². The lowest BCUT2D eigenvalue weighted by Gasteiger charge is -2.20. The summed E-state index contributed by atoms with van der Waals surface area (Å²) in [5.41, 5.74) is 1.71. The Morgan fingerprint density at radius 2 is 2.47 bits per heavy atom. The van der Waals surface area contributed by atoms with Crippen LogP contribution in [0.25, 0.3) is 11.1 Å². The van der Waals surface area contributed by atoms with E-state index in [1.807, 2.05) is 12.1 Å². The van der Waals surface area contributed by atoms with Crippen molar-refractivity contribution in [3.63, 3.8) is 0 Å². The lowest BCUT2D eigenvalue weighted by atomic mass is 9.94. The second-order valence-electron chi connectivity index (χ2n) is 3.97. The standard InChI is InChI=1S/C11H13N3O/c1-3-8(7-12-5-1)10-9-4-2-6-13-11(9)15-14-10/h2,4,6,8,12H,1,3,5,7H2. The minimum absolute atomic E-state index is 0.476. The van der Waals surface area contributed by atoms with Crippen LogP contribution in [-0.4, -0.2) is 23.2 Å². The predicted octanol–water partition coefficient (Wildman–Crippen LogP) is 1.69. The predicted molar refractivity (Wildman–Crippen MR) is 56.6 cm³/mol. The molecule has 0 aromatic carbocycles. The Labute approximate surface area is 87.7 Å². The van der Waals surface area contributed by atoms with Crippen LogP contribution in [-0.2, 0) is 0 Å². The Bertz CT molecular complexity index is 460. The molecule has 4 heteroatoms. The molecule has 1 N–H and O–H groups in total. The van der Waals surface area contributed by atoms with Crippen LogP contribution >= 0.6 is 0 Å². The third-order valence-electron chi connectivity index (χ3n) is 2.96. The van der Waals surface area contributed by atoms with Gasteiger partial charge in [0.15, 0.2) is 0 Å². The van der Waals surface area contributed by atoms with Gasteiger partial charge in [-0.15, -0.1) is 0 Å². The molecule has 1 saturated heterocycles. The Morgan fingerprint density at radius 1 is 1.47 bits per heavy atom. The second-order valence-corrected chi connectivity index (χ2v) is 3.97. The number of fused-ring (bicyclic) bond motifs is 1. The summed E-state index contributed by atoms with van der Waals surface area (Å²) in [4.78, 5) is 4.15. The average Bonchev–Trinajstić information content (AvgIpc) is 2.74. The van der Waals surface area contributed by atoms with Crippen LogP contribution < -0.4 is 5.32 Å². The van der Waals surface area contributed by atoms with Gasteiger partial charge in [0, 0.05) is 18.7 Å². The molecule has 0 bridgehead atoms. The zero-order valence-corrected chi connectivity index (χ0v) is 8.44. The second kappa shape index (κ2) is 3.62. The van der Waals surface area contributed by atoms with Crippen LogP contribution in [0.1, 0.15) is 24.5 Å². The van der Waals surface area contributed by atoms with E-state index in [0.29, 0.717) is 11.6 Å². The first-order valence-corrected chi connectivity index (χ1v) is 5.36. The molecule has 0 amide bonds. The Hall–Kier alpha value is -1.42. The molecule has 4 nitrogen and oxygen atoms in total. The summed E-state index contributed by atoms with van der Waals surface area (Å²) in [5.74, 6) is 0.476. The summed E-state index contributed by atoms with van der Waals surface area (Å²) in [7, 11) is 0. The van der Waals surface area contributed by atoms with Crippen LogP contribution in [0.2, 0.25) is 0 Å². The number of hydrogen-bond acceptors (Lipinski definition) is 4. The quantitative estimate of drug-likeness (QED) is 0.766. The Kier molecular flexibility index (Phi) is 2.14. The van der Waals surface area contributed by atoms with E-state index in [0.717, 1.165) is 24.2 Å². The normalized spacial score (nSPS) is 22.0. The number of pyridine rings is 1. The van der Waals surface area contributed by atoms with E-state index < -0.39 is 0 Å². The smallest absolute Gasteiger partial charge is 0.257 e. The van der Waals surface area contributed by atoms with E-state index in [9.17, 15) is 0 Å². The van der Waals surface area contributed by atoms with E-state index in [2.05, 4.69) is 15.5 Å². The summed E-state index contributed by atoms with van der Waals surface area (Å²) < 4.78 is 5.21. The Morgan fingerprint density at radius 3 is 3.33 bits per heavy atom. The molecule has 2 aromatic rings. The first kappa shape index (κ1) is 8.85. The summed E-state index contributed by atoms with van der Waals surface area (Å²) in [6.45, 7) is 2.11. The van der Waals surface area contributed by atoms with E-state index in [4.69, 9.17) is 4.52 Å². The summed E-state index contributed by atoms with van der Waals surface area (Å²) in [6.07, 6.45) is 4.12. The van der Waals surface area contributed by atoms with E-state index in [1.165, 1.54) is 12.8 Å². The first-order chi connectivity index (χ1) is 7.45. The molecule has 1 aliphatic heterocycles. The fraction of sp³-hybridized carbons (Fsp3) is 0.455. The van der Waals surface area contributed by atoms with Crippen LogP contribution in [0.5, 0.6) is 0 Å². The SMILES string of the molecule is c1cnc2onc(C3CCCNC3)c2c1. The van der Waals surface area contributed by atoms with Gasteiger partial charge < -0.3 is 9.84 Å². The van der Waals surface area contributed by atoms with E-state index in [-0.39, 0.29) is 0 Å². The maximum absolute atomic E-state index is 5.21. The third-order valence-corrected chi connectivity index (χ3v) is 2.96. The zero-order chi connectivity index (χ0) is 10.1. The van der Waals surface area contributed by atoms with E-state index >= 15 is 0 Å². The minimum atomic E-state index is 0.476. The van der Waals surface area contributed by atoms with Gasteiger partial charge in [-0.05, 0) is 31.5 Å². The molecule has 1 unspecified atom stereocenters. The summed E-state index contributed by atoms with van der Waals surface area (Å²) in [5, 5.41) is 8.59. The highest BCUT2D eigenvalue weighted by atomic mass is 16.5. The van der Waals surface area contributed by atoms with Gasteiger partial charge in [-0.2, -0.15) is 0 Å². The largest absolute Gasteiger partial charge is 0.336 e. The highest BCUT2D eigenvalue weighted by molar-refractivity contribution is 5.76. The first-order valence-electron chi connectivity index (χ1n) is 5.36. The monoisotopic (exact) mass is 203 g/mol. The number of aromatic nitrogens is 2. The number of rotatable bonds is 1. The van der Waals surface area contributed by atoms with Crippen molar-refractivity contribution >= 4 is 11.1 Å². The van der Waals surface area contributed by atoms with Crippen molar-refractivity contribution in [1.29, 1.82) is 0 Å². The molecular weight excluding hydrogens is 190 g/mol. The Balaban J connectivity index is 2.02. The topological polar surface area (TPSA) is 51.0 Å². The van der Waals surface area contributed by atoms with Gasteiger partial charge in [-0.1, -0.05) is 5.16 Å². The lowest BCUT2D eigenvalue weighted by molar-refractivity contribution is 0.402. The highest BCUT2D eigenvalue weighted by Gasteiger charge is 2.21. The number of hydrogen-bond donors (Lipinski definition) is 1. The van der Waals surface area contributed by atoms with Crippen molar-refractivity contribution in [2.75, 3.05) is 13.1 Å². The zero-order valence-electron chi connectivity index (χ0n) is 8.44. The van der Waals surface area contributed by atoms with Gasteiger partial charge in [0.25, 0.3) is 5.71 Å². The molecule has 1 fully saturated rings. The molecule has 0 aliphatic carbocycles. The van der Waals surface area contributed by atoms with Crippen molar-refractivity contribution in [2.24, 2.45) is 0 Å². The van der Waals surface area contributed by atoms with Crippen LogP contribution in [0.4, 0.5) is 0 Å². The number of nitrogens with zero attached hydrogens (tertiary/aromatic N) is 2. The molecule has 3 rings (SSSR count). The van der Waals surface area contributed by atoms with Gasteiger partial charge in [-0.3, -0.25) is 0 Å². The average molecular weight is 203 g/mol. The van der Waals surface area contributed by atoms with Gasteiger partial charge >= 0.3 is 0 Å². The molecule has 0 spiro atoms. The summed E-state index contributed by atoms with van der Waals surface area (Å²) >= 11 is 0. The fourth-order valence-corrected chi connectivity index (χ4v) is 2.18. The molecule has 1 aliphatic rings. The van der Waals surface area contributed by atoms with E-state index in [1.54, 1.807) is 6.20 Å². The van der Waals surface area contributed by atoms with Crippen molar-refractivity contribution in [2.45, 2.75) is 18.8 Å². The highest BCUT2D eigenvalue weighted by Crippen LogP contribution is 2.27. The summed E-state index contributed by atoms with van der Waals surface area (Å²) in [6, 6.07) is 3.96. The molecular formula is C11H13N3O. The molecule has 1 atom stereocenters. The molecule has 78 valence electrons. The van der Waals surface area contributed by atoms with Crippen molar-refractivity contribution < 1.29 is 4.52 Å². The molecule has 0 saturated carbocycles. The molecule has 0 radical (unpaired) electrons. The molecule has 2 aromatic heterocycles. The van der Waals surface area contributed by atoms with Gasteiger partial charge in [0.1, 0.15) is 0 Å². The molecule has 3 heterocycles. The number of piperidine rings is 1. The van der Waals surface area contributed by atoms with Gasteiger partial charge in [-0.25, -0.2) is 4.98 Å². The van der Waals surface area contributed by atoms with Crippen molar-refractivity contribution in [3.8, 4) is 0 Å². The fourth-order valence-electron chi connectivity index (χ4n) is 2.18. The van der Waals surface area contributed by atoms with Crippen LogP contribution in [0.15, 0.2) is 22.9 Å². The maximum atomic E-state index is 5.21. The van der Waals surface area contributed by atoms with Crippen LogP contribution in [0, 0.1) is 0 Å². The lowest BCUT2D eigenvalue weighted by Crippen LogP contribution is -2.28. The molecule has 15 heavy (non-hydrogen) atoms. The van der Waals surface area contributed by atoms with Crippen molar-refractivity contribution in [3.05, 3.63) is 24.0 Å². The van der Waals surface area contributed by atoms with Gasteiger partial charge in [0.05, 0.1) is 11.1 Å². The van der Waals surface area contributed by atoms with Crippen LogP contribution in [0.3, 0.4) is 0 Å². The number of nitrogens with one attached hydrogen (secondary N) is 1. The van der Waals surface area contributed by atoms with Crippen molar-refractivity contribution in [1.82, 2.24) is 15.5 Å².